The van der Waals surface area contributed by atoms with Crippen LogP contribution in [-0.2, 0) is 0 Å². The number of piperidine rings is 1. The molecule has 0 bridgehead atoms. The maximum atomic E-state index is 11.1. The van der Waals surface area contributed by atoms with Crippen molar-refractivity contribution in [1.82, 2.24) is 9.97 Å². The lowest BCUT2D eigenvalue weighted by Gasteiger charge is -2.46. The monoisotopic (exact) mass is 345 g/mol. The van der Waals surface area contributed by atoms with Crippen LogP contribution in [0.4, 0.5) is 5.82 Å². The van der Waals surface area contributed by atoms with Crippen LogP contribution in [0.2, 0.25) is 0 Å². The van der Waals surface area contributed by atoms with Gasteiger partial charge in [0.05, 0.1) is 12.7 Å². The molecule has 1 atom stereocenters. The standard InChI is InChI=1S/C18H23N3O2S/c1-23-14-5-3-4-13-15(14)19-12-20-16(13)21-9-8-18(22,11-24-2)17(10-21)6-7-17/h3-5,12,22H,6-11H2,1-2H3. The van der Waals surface area contributed by atoms with Gasteiger partial charge in [-0.3, -0.25) is 0 Å². The highest BCUT2D eigenvalue weighted by atomic mass is 32.2. The molecule has 0 amide bonds. The predicted molar refractivity (Wildman–Crippen MR) is 97.9 cm³/mol. The minimum Gasteiger partial charge on any atom is -0.494 e. The first-order chi connectivity index (χ1) is 11.6. The number of ether oxygens (including phenoxy) is 1. The SMILES string of the molecule is COc1cccc2c(N3CCC(O)(CSC)C4(CC4)C3)ncnc12. The van der Waals surface area contributed by atoms with Crippen LogP contribution in [0.3, 0.4) is 0 Å². The summed E-state index contributed by atoms with van der Waals surface area (Å²) in [6.07, 6.45) is 6.69. The summed E-state index contributed by atoms with van der Waals surface area (Å²) in [6.45, 7) is 1.69. The summed E-state index contributed by atoms with van der Waals surface area (Å²) >= 11 is 1.74. The van der Waals surface area contributed by atoms with Crippen molar-refractivity contribution in [2.45, 2.75) is 24.9 Å². The van der Waals surface area contributed by atoms with Gasteiger partial charge in [-0.15, -0.1) is 0 Å². The fourth-order valence-corrected chi connectivity index (χ4v) is 4.99. The van der Waals surface area contributed by atoms with E-state index in [4.69, 9.17) is 4.74 Å². The second-order valence-electron chi connectivity index (χ2n) is 6.97. The number of thioether (sulfide) groups is 1. The molecule has 2 fully saturated rings. The number of fused-ring (bicyclic) bond motifs is 1. The lowest BCUT2D eigenvalue weighted by Crippen LogP contribution is -2.55. The number of methoxy groups -OCH3 is 1. The van der Waals surface area contributed by atoms with Gasteiger partial charge in [-0.1, -0.05) is 6.07 Å². The van der Waals surface area contributed by atoms with Crippen molar-refractivity contribution in [3.63, 3.8) is 0 Å². The molecule has 24 heavy (non-hydrogen) atoms. The minimum absolute atomic E-state index is 0.0321. The van der Waals surface area contributed by atoms with Gasteiger partial charge in [-0.05, 0) is 37.7 Å². The Hall–Kier alpha value is -1.53. The third-order valence-corrected chi connectivity index (χ3v) is 6.41. The number of aliphatic hydroxyl groups is 1. The van der Waals surface area contributed by atoms with E-state index in [9.17, 15) is 5.11 Å². The second kappa shape index (κ2) is 5.77. The van der Waals surface area contributed by atoms with Gasteiger partial charge in [-0.2, -0.15) is 11.8 Å². The predicted octanol–water partition coefficient (Wildman–Crippen LogP) is 2.72. The maximum absolute atomic E-state index is 11.1. The van der Waals surface area contributed by atoms with Crippen molar-refractivity contribution < 1.29 is 9.84 Å². The smallest absolute Gasteiger partial charge is 0.145 e. The number of rotatable bonds is 4. The molecule has 2 heterocycles. The molecule has 1 unspecified atom stereocenters. The molecule has 1 aromatic heterocycles. The van der Waals surface area contributed by atoms with Gasteiger partial charge in [0.2, 0.25) is 0 Å². The van der Waals surface area contributed by atoms with Crippen LogP contribution in [0.1, 0.15) is 19.3 Å². The quantitative estimate of drug-likeness (QED) is 0.919. The molecule has 4 rings (SSSR count). The largest absolute Gasteiger partial charge is 0.494 e. The Morgan fingerprint density at radius 3 is 2.83 bits per heavy atom. The minimum atomic E-state index is -0.538. The second-order valence-corrected chi connectivity index (χ2v) is 7.84. The molecule has 1 aliphatic carbocycles. The van der Waals surface area contributed by atoms with E-state index in [-0.39, 0.29) is 5.41 Å². The zero-order valence-corrected chi connectivity index (χ0v) is 15.0. The Kier molecular flexibility index (Phi) is 3.84. The fraction of sp³-hybridized carbons (Fsp3) is 0.556. The van der Waals surface area contributed by atoms with Crippen LogP contribution in [0.25, 0.3) is 10.9 Å². The third kappa shape index (κ3) is 2.35. The lowest BCUT2D eigenvalue weighted by atomic mass is 9.79. The molecule has 5 nitrogen and oxygen atoms in total. The topological polar surface area (TPSA) is 58.5 Å². The number of benzene rings is 1. The van der Waals surface area contributed by atoms with Crippen LogP contribution >= 0.6 is 11.8 Å². The molecule has 128 valence electrons. The average molecular weight is 345 g/mol. The van der Waals surface area contributed by atoms with E-state index in [0.29, 0.717) is 0 Å². The highest BCUT2D eigenvalue weighted by Gasteiger charge is 2.61. The van der Waals surface area contributed by atoms with Crippen molar-refractivity contribution in [3.8, 4) is 5.75 Å². The molecule has 1 aliphatic heterocycles. The summed E-state index contributed by atoms with van der Waals surface area (Å²) in [5, 5.41) is 12.1. The summed E-state index contributed by atoms with van der Waals surface area (Å²) in [7, 11) is 1.67. The van der Waals surface area contributed by atoms with Gasteiger partial charge >= 0.3 is 0 Å². The highest BCUT2D eigenvalue weighted by Crippen LogP contribution is 2.59. The Bertz CT molecular complexity index is 765. The molecule has 1 saturated carbocycles. The fourth-order valence-electron chi connectivity index (χ4n) is 4.06. The van der Waals surface area contributed by atoms with E-state index >= 15 is 0 Å². The van der Waals surface area contributed by atoms with Crippen molar-refractivity contribution in [3.05, 3.63) is 24.5 Å². The molecule has 2 aromatic rings. The Morgan fingerprint density at radius 2 is 2.12 bits per heavy atom. The number of hydrogen-bond donors (Lipinski definition) is 1. The first-order valence-corrected chi connectivity index (χ1v) is 9.76. The van der Waals surface area contributed by atoms with Gasteiger partial charge in [0.1, 0.15) is 23.4 Å². The molecule has 1 aromatic carbocycles. The van der Waals surface area contributed by atoms with E-state index in [1.807, 2.05) is 12.1 Å². The Balaban J connectivity index is 1.70. The van der Waals surface area contributed by atoms with Gasteiger partial charge in [-0.25, -0.2) is 9.97 Å². The van der Waals surface area contributed by atoms with Crippen LogP contribution in [0.15, 0.2) is 24.5 Å². The number of aromatic nitrogens is 2. The average Bonchev–Trinajstić information content (AvgIpc) is 3.38. The summed E-state index contributed by atoms with van der Waals surface area (Å²) < 4.78 is 5.44. The number of para-hydroxylation sites is 1. The van der Waals surface area contributed by atoms with Crippen LogP contribution in [0, 0.1) is 5.41 Å². The molecule has 6 heteroatoms. The van der Waals surface area contributed by atoms with Gasteiger partial charge < -0.3 is 14.7 Å². The third-order valence-electron chi connectivity index (χ3n) is 5.64. The molecular weight excluding hydrogens is 322 g/mol. The van der Waals surface area contributed by atoms with E-state index in [1.54, 1.807) is 25.2 Å². The first-order valence-electron chi connectivity index (χ1n) is 8.36. The molecule has 2 aliphatic rings. The van der Waals surface area contributed by atoms with Crippen molar-refractivity contribution in [2.24, 2.45) is 5.41 Å². The van der Waals surface area contributed by atoms with E-state index in [2.05, 4.69) is 27.2 Å². The highest BCUT2D eigenvalue weighted by molar-refractivity contribution is 7.98. The molecule has 1 saturated heterocycles. The van der Waals surface area contributed by atoms with Gasteiger partial charge in [0.25, 0.3) is 0 Å². The molecular formula is C18H23N3O2S. The summed E-state index contributed by atoms with van der Waals surface area (Å²) in [6, 6.07) is 5.96. The molecule has 1 spiro atoms. The summed E-state index contributed by atoms with van der Waals surface area (Å²) in [5.74, 6) is 2.55. The van der Waals surface area contributed by atoms with Crippen molar-refractivity contribution in [2.75, 3.05) is 37.1 Å². The van der Waals surface area contributed by atoms with Gasteiger partial charge in [0.15, 0.2) is 0 Å². The van der Waals surface area contributed by atoms with E-state index in [1.165, 1.54) is 0 Å². The zero-order valence-electron chi connectivity index (χ0n) is 14.2. The number of nitrogens with zero attached hydrogens (tertiary/aromatic N) is 3. The van der Waals surface area contributed by atoms with Gasteiger partial charge in [0, 0.05) is 29.6 Å². The van der Waals surface area contributed by atoms with E-state index < -0.39 is 5.60 Å². The Morgan fingerprint density at radius 1 is 1.29 bits per heavy atom. The molecule has 1 N–H and O–H groups in total. The van der Waals surface area contributed by atoms with E-state index in [0.717, 1.165) is 60.6 Å². The number of anilines is 1. The van der Waals surface area contributed by atoms with Crippen molar-refractivity contribution >= 4 is 28.5 Å². The van der Waals surface area contributed by atoms with Crippen LogP contribution in [-0.4, -0.2) is 52.9 Å². The normalized spacial score (nSPS) is 25.2. The van der Waals surface area contributed by atoms with Crippen LogP contribution in [0.5, 0.6) is 5.75 Å². The Labute approximate surface area is 146 Å². The zero-order chi connectivity index (χ0) is 16.8. The maximum Gasteiger partial charge on any atom is 0.145 e. The summed E-state index contributed by atoms with van der Waals surface area (Å²) in [5.41, 5.74) is 0.341. The summed E-state index contributed by atoms with van der Waals surface area (Å²) in [4.78, 5) is 11.3. The lowest BCUT2D eigenvalue weighted by molar-refractivity contribution is -0.0265. The van der Waals surface area contributed by atoms with Crippen molar-refractivity contribution in [1.29, 1.82) is 0 Å². The molecule has 0 radical (unpaired) electrons. The number of hydrogen-bond acceptors (Lipinski definition) is 6. The van der Waals surface area contributed by atoms with Crippen LogP contribution < -0.4 is 9.64 Å². The first kappa shape index (κ1) is 16.0.